The van der Waals surface area contributed by atoms with Gasteiger partial charge in [-0.3, -0.25) is 4.79 Å². The van der Waals surface area contributed by atoms with Crippen LogP contribution in [0.3, 0.4) is 0 Å². The van der Waals surface area contributed by atoms with Gasteiger partial charge in [0.25, 0.3) is 0 Å². The number of hydrogen-bond donors (Lipinski definition) is 0. The zero-order valence-electron chi connectivity index (χ0n) is 16.3. The fourth-order valence-corrected chi connectivity index (χ4v) is 2.74. The first-order valence-electron chi connectivity index (χ1n) is 9.03. The van der Waals surface area contributed by atoms with Gasteiger partial charge in [0.05, 0.1) is 24.8 Å². The van der Waals surface area contributed by atoms with Crippen LogP contribution < -0.4 is 9.47 Å². The van der Waals surface area contributed by atoms with Gasteiger partial charge in [-0.15, -0.1) is 0 Å². The van der Waals surface area contributed by atoms with Crippen LogP contribution >= 0.6 is 0 Å². The maximum atomic E-state index is 12.6. The average Bonchev–Trinajstić information content (AvgIpc) is 3.02. The van der Waals surface area contributed by atoms with Crippen molar-refractivity contribution in [1.29, 1.82) is 0 Å². The van der Waals surface area contributed by atoms with Crippen molar-refractivity contribution in [2.45, 2.75) is 20.0 Å². The monoisotopic (exact) mass is 396 g/mol. The third-order valence-corrected chi connectivity index (χ3v) is 4.20. The van der Waals surface area contributed by atoms with Crippen molar-refractivity contribution in [2.24, 2.45) is 0 Å². The van der Waals surface area contributed by atoms with E-state index in [1.165, 1.54) is 7.11 Å². The van der Waals surface area contributed by atoms with E-state index in [0.29, 0.717) is 28.2 Å². The maximum Gasteiger partial charge on any atom is 0.347 e. The first kappa shape index (κ1) is 20.1. The van der Waals surface area contributed by atoms with Crippen molar-refractivity contribution in [3.8, 4) is 11.5 Å². The van der Waals surface area contributed by atoms with E-state index in [2.05, 4.69) is 4.74 Å². The van der Waals surface area contributed by atoms with Gasteiger partial charge in [-0.25, -0.2) is 9.59 Å². The zero-order chi connectivity index (χ0) is 21.0. The predicted molar refractivity (Wildman–Crippen MR) is 104 cm³/mol. The van der Waals surface area contributed by atoms with Crippen LogP contribution in [-0.4, -0.2) is 37.5 Å². The molecule has 29 heavy (non-hydrogen) atoms. The van der Waals surface area contributed by atoms with Crippen LogP contribution in [0.1, 0.15) is 40.1 Å². The number of methoxy groups -OCH3 is 1. The SMILES string of the molecule is CCOC(=O)C(C)Oc1ccc2c(c1)OC(=Cc1ccc(C(=O)OC)cc1)C2=O. The van der Waals surface area contributed by atoms with E-state index in [-0.39, 0.29) is 18.1 Å². The molecule has 3 rings (SSSR count). The number of esters is 2. The summed E-state index contributed by atoms with van der Waals surface area (Å²) in [5.41, 5.74) is 1.51. The summed E-state index contributed by atoms with van der Waals surface area (Å²) in [6.45, 7) is 3.57. The standard InChI is InChI=1S/C22H20O7/c1-4-27-21(24)13(2)28-16-9-10-17-18(12-16)29-19(20(17)23)11-14-5-7-15(8-6-14)22(25)26-3/h5-13H,4H2,1-3H3. The Morgan fingerprint density at radius 2 is 1.86 bits per heavy atom. The van der Waals surface area contributed by atoms with E-state index in [0.717, 1.165) is 0 Å². The molecule has 7 heteroatoms. The van der Waals surface area contributed by atoms with Gasteiger partial charge >= 0.3 is 11.9 Å². The molecule has 1 aliphatic heterocycles. The van der Waals surface area contributed by atoms with Crippen LogP contribution in [0.25, 0.3) is 6.08 Å². The van der Waals surface area contributed by atoms with Crippen LogP contribution in [0, 0.1) is 0 Å². The lowest BCUT2D eigenvalue weighted by molar-refractivity contribution is -0.150. The molecule has 0 bridgehead atoms. The van der Waals surface area contributed by atoms with Crippen molar-refractivity contribution in [2.75, 3.05) is 13.7 Å². The number of ketones is 1. The minimum atomic E-state index is -0.784. The molecule has 0 aromatic heterocycles. The van der Waals surface area contributed by atoms with Gasteiger partial charge in [0, 0.05) is 6.07 Å². The summed E-state index contributed by atoms with van der Waals surface area (Å²) in [6.07, 6.45) is 0.805. The number of hydrogen-bond acceptors (Lipinski definition) is 7. The third kappa shape index (κ3) is 4.45. The Labute approximate surface area is 167 Å². The second-order valence-corrected chi connectivity index (χ2v) is 6.22. The van der Waals surface area contributed by atoms with E-state index >= 15 is 0 Å². The summed E-state index contributed by atoms with van der Waals surface area (Å²) in [5.74, 6) is -0.277. The van der Waals surface area contributed by atoms with E-state index in [4.69, 9.17) is 14.2 Å². The van der Waals surface area contributed by atoms with E-state index in [9.17, 15) is 14.4 Å². The van der Waals surface area contributed by atoms with Crippen molar-refractivity contribution >= 4 is 23.8 Å². The number of Topliss-reactive ketones (excluding diaryl/α,β-unsaturated/α-hetero) is 1. The van der Waals surface area contributed by atoms with E-state index in [1.807, 2.05) is 0 Å². The number of fused-ring (bicyclic) bond motifs is 1. The number of rotatable bonds is 6. The second kappa shape index (κ2) is 8.60. The summed E-state index contributed by atoms with van der Waals surface area (Å²) in [7, 11) is 1.31. The van der Waals surface area contributed by atoms with Gasteiger partial charge in [0.15, 0.2) is 11.9 Å². The Balaban J connectivity index is 1.75. The first-order valence-corrected chi connectivity index (χ1v) is 9.03. The molecule has 2 aromatic rings. The molecule has 7 nitrogen and oxygen atoms in total. The lowest BCUT2D eigenvalue weighted by Gasteiger charge is -2.13. The molecular weight excluding hydrogens is 376 g/mol. The Bertz CT molecular complexity index is 973. The Morgan fingerprint density at radius 1 is 1.14 bits per heavy atom. The molecule has 0 N–H and O–H groups in total. The van der Waals surface area contributed by atoms with Gasteiger partial charge in [0.2, 0.25) is 5.78 Å². The summed E-state index contributed by atoms with van der Waals surface area (Å²) in [4.78, 5) is 35.8. The quantitative estimate of drug-likeness (QED) is 0.546. The molecule has 1 aliphatic rings. The average molecular weight is 396 g/mol. The summed E-state index contributed by atoms with van der Waals surface area (Å²) in [5, 5.41) is 0. The van der Waals surface area contributed by atoms with Crippen LogP contribution in [0.4, 0.5) is 0 Å². The van der Waals surface area contributed by atoms with Crippen LogP contribution in [0.2, 0.25) is 0 Å². The molecule has 150 valence electrons. The highest BCUT2D eigenvalue weighted by atomic mass is 16.6. The van der Waals surface area contributed by atoms with Gasteiger partial charge in [-0.05, 0) is 49.8 Å². The molecule has 1 heterocycles. The molecular formula is C22H20O7. The molecule has 0 spiro atoms. The molecule has 1 unspecified atom stereocenters. The minimum absolute atomic E-state index is 0.154. The molecule has 0 aliphatic carbocycles. The van der Waals surface area contributed by atoms with Gasteiger partial charge in [-0.2, -0.15) is 0 Å². The molecule has 0 radical (unpaired) electrons. The predicted octanol–water partition coefficient (Wildman–Crippen LogP) is 3.42. The van der Waals surface area contributed by atoms with Crippen molar-refractivity contribution in [1.82, 2.24) is 0 Å². The van der Waals surface area contributed by atoms with Crippen LogP contribution in [0.5, 0.6) is 11.5 Å². The number of carbonyl (C=O) groups excluding carboxylic acids is 3. The topological polar surface area (TPSA) is 88.1 Å². The second-order valence-electron chi connectivity index (χ2n) is 6.22. The first-order chi connectivity index (χ1) is 13.9. The molecule has 0 saturated heterocycles. The maximum absolute atomic E-state index is 12.6. The molecule has 0 fully saturated rings. The van der Waals surface area contributed by atoms with Crippen molar-refractivity contribution in [3.63, 3.8) is 0 Å². The number of ether oxygens (including phenoxy) is 4. The summed E-state index contributed by atoms with van der Waals surface area (Å²) in [6, 6.07) is 11.3. The smallest absolute Gasteiger partial charge is 0.347 e. The van der Waals surface area contributed by atoms with Gasteiger partial charge < -0.3 is 18.9 Å². The largest absolute Gasteiger partial charge is 0.479 e. The van der Waals surface area contributed by atoms with Crippen LogP contribution in [-0.2, 0) is 14.3 Å². The van der Waals surface area contributed by atoms with E-state index in [1.54, 1.807) is 62.4 Å². The van der Waals surface area contributed by atoms with Crippen molar-refractivity contribution < 1.29 is 33.3 Å². The number of allylic oxidation sites excluding steroid dienone is 1. The molecule has 1 atom stereocenters. The fraction of sp³-hybridized carbons (Fsp3) is 0.227. The Morgan fingerprint density at radius 3 is 2.52 bits per heavy atom. The van der Waals surface area contributed by atoms with E-state index < -0.39 is 18.0 Å². The number of carbonyl (C=O) groups is 3. The highest BCUT2D eigenvalue weighted by molar-refractivity contribution is 6.14. The molecule has 0 amide bonds. The Hall–Kier alpha value is -3.61. The van der Waals surface area contributed by atoms with Crippen LogP contribution in [0.15, 0.2) is 48.2 Å². The zero-order valence-corrected chi connectivity index (χ0v) is 16.3. The summed E-state index contributed by atoms with van der Waals surface area (Å²) >= 11 is 0. The highest BCUT2D eigenvalue weighted by Gasteiger charge is 2.28. The van der Waals surface area contributed by atoms with Crippen molar-refractivity contribution in [3.05, 3.63) is 64.9 Å². The summed E-state index contributed by atoms with van der Waals surface area (Å²) < 4.78 is 20.8. The highest BCUT2D eigenvalue weighted by Crippen LogP contribution is 2.35. The minimum Gasteiger partial charge on any atom is -0.479 e. The lowest BCUT2D eigenvalue weighted by atomic mass is 10.1. The third-order valence-electron chi connectivity index (χ3n) is 4.20. The van der Waals surface area contributed by atoms with Gasteiger partial charge in [0.1, 0.15) is 11.5 Å². The fourth-order valence-electron chi connectivity index (χ4n) is 2.74. The number of benzene rings is 2. The Kier molecular flexibility index (Phi) is 5.97. The lowest BCUT2D eigenvalue weighted by Crippen LogP contribution is -2.26. The van der Waals surface area contributed by atoms with Gasteiger partial charge in [-0.1, -0.05) is 12.1 Å². The molecule has 2 aromatic carbocycles. The molecule has 0 saturated carbocycles. The normalized spacial score (nSPS) is 14.7.